The van der Waals surface area contributed by atoms with Crippen LogP contribution in [-0.2, 0) is 6.42 Å². The molecule has 0 unspecified atom stereocenters. The van der Waals surface area contributed by atoms with Crippen molar-refractivity contribution in [2.45, 2.75) is 13.3 Å². The van der Waals surface area contributed by atoms with Crippen molar-refractivity contribution < 1.29 is 4.42 Å². The third-order valence-corrected chi connectivity index (χ3v) is 2.65. The summed E-state index contributed by atoms with van der Waals surface area (Å²) in [6.07, 6.45) is 0.723. The number of hydrogen-bond acceptors (Lipinski definition) is 4. The summed E-state index contributed by atoms with van der Waals surface area (Å²) in [7, 11) is 0. The third-order valence-electron chi connectivity index (χ3n) is 2.65. The van der Waals surface area contributed by atoms with Crippen LogP contribution in [0.15, 0.2) is 27.4 Å². The molecule has 16 heavy (non-hydrogen) atoms. The van der Waals surface area contributed by atoms with E-state index in [9.17, 15) is 4.79 Å². The number of nitrogen functional groups attached to an aromatic ring is 1. The van der Waals surface area contributed by atoms with Gasteiger partial charge >= 0.3 is 5.63 Å². The first-order valence-electron chi connectivity index (χ1n) is 5.15. The first-order chi connectivity index (χ1) is 7.63. The summed E-state index contributed by atoms with van der Waals surface area (Å²) in [5.41, 5.74) is 14.2. The molecule has 1 heterocycles. The summed E-state index contributed by atoms with van der Waals surface area (Å²) < 4.78 is 5.09. The van der Waals surface area contributed by atoms with Gasteiger partial charge in [-0.15, -0.1) is 0 Å². The predicted octanol–water partition coefficient (Wildman–Crippen LogP) is 1.18. The molecule has 4 heteroatoms. The number of nitrogens with two attached hydrogens (primary N) is 2. The van der Waals surface area contributed by atoms with Gasteiger partial charge in [-0.2, -0.15) is 0 Å². The molecule has 0 spiro atoms. The molecule has 84 valence electrons. The summed E-state index contributed by atoms with van der Waals surface area (Å²) in [6, 6.07) is 5.07. The predicted molar refractivity (Wildman–Crippen MR) is 64.4 cm³/mol. The smallest absolute Gasteiger partial charge is 0.336 e. The zero-order valence-electron chi connectivity index (χ0n) is 9.12. The van der Waals surface area contributed by atoms with Crippen molar-refractivity contribution >= 4 is 16.7 Å². The Hall–Kier alpha value is -1.81. The molecule has 0 fully saturated rings. The van der Waals surface area contributed by atoms with Crippen molar-refractivity contribution in [3.8, 4) is 0 Å². The maximum atomic E-state index is 11.2. The van der Waals surface area contributed by atoms with Crippen LogP contribution < -0.4 is 17.1 Å². The first-order valence-corrected chi connectivity index (χ1v) is 5.15. The molecule has 0 aliphatic heterocycles. The van der Waals surface area contributed by atoms with Crippen molar-refractivity contribution in [1.82, 2.24) is 0 Å². The monoisotopic (exact) mass is 218 g/mol. The van der Waals surface area contributed by atoms with E-state index in [0.29, 0.717) is 17.8 Å². The van der Waals surface area contributed by atoms with Crippen LogP contribution >= 0.6 is 0 Å². The average Bonchev–Trinajstić information content (AvgIpc) is 2.21. The fraction of sp³-hybridized carbons (Fsp3) is 0.250. The fourth-order valence-electron chi connectivity index (χ4n) is 1.89. The summed E-state index contributed by atoms with van der Waals surface area (Å²) >= 11 is 0. The lowest BCUT2D eigenvalue weighted by molar-refractivity contribution is 0.560. The maximum Gasteiger partial charge on any atom is 0.336 e. The molecular weight excluding hydrogens is 204 g/mol. The van der Waals surface area contributed by atoms with Gasteiger partial charge in [-0.25, -0.2) is 4.79 Å². The minimum atomic E-state index is -0.351. The highest BCUT2D eigenvalue weighted by atomic mass is 16.4. The van der Waals surface area contributed by atoms with Crippen LogP contribution in [0.1, 0.15) is 11.1 Å². The van der Waals surface area contributed by atoms with Gasteiger partial charge in [0.25, 0.3) is 0 Å². The molecule has 4 nitrogen and oxygen atoms in total. The number of aryl methyl sites for hydroxylation is 1. The van der Waals surface area contributed by atoms with Gasteiger partial charge in [-0.05, 0) is 37.1 Å². The zero-order valence-corrected chi connectivity index (χ0v) is 9.12. The molecule has 1 aromatic carbocycles. The van der Waals surface area contributed by atoms with Crippen molar-refractivity contribution in [2.75, 3.05) is 12.3 Å². The van der Waals surface area contributed by atoms with Crippen LogP contribution in [0.3, 0.4) is 0 Å². The van der Waals surface area contributed by atoms with Gasteiger partial charge in [0.15, 0.2) is 0 Å². The molecule has 0 aliphatic carbocycles. The van der Waals surface area contributed by atoms with E-state index in [1.165, 1.54) is 6.07 Å². The average molecular weight is 218 g/mol. The van der Waals surface area contributed by atoms with Gasteiger partial charge in [0, 0.05) is 17.1 Å². The van der Waals surface area contributed by atoms with E-state index in [-0.39, 0.29) is 5.63 Å². The van der Waals surface area contributed by atoms with Crippen LogP contribution in [0, 0.1) is 6.92 Å². The lowest BCUT2D eigenvalue weighted by Crippen LogP contribution is -2.07. The van der Waals surface area contributed by atoms with E-state index >= 15 is 0 Å². The Bertz CT molecular complexity index is 587. The van der Waals surface area contributed by atoms with Crippen molar-refractivity contribution in [2.24, 2.45) is 5.73 Å². The van der Waals surface area contributed by atoms with Crippen molar-refractivity contribution in [1.29, 1.82) is 0 Å². The normalized spacial score (nSPS) is 10.9. The van der Waals surface area contributed by atoms with E-state index < -0.39 is 0 Å². The molecular formula is C12H14N2O2. The Morgan fingerprint density at radius 1 is 1.38 bits per heavy atom. The number of benzene rings is 1. The third kappa shape index (κ3) is 1.67. The second-order valence-electron chi connectivity index (χ2n) is 3.80. The Labute approximate surface area is 92.9 Å². The molecule has 0 saturated carbocycles. The van der Waals surface area contributed by atoms with Crippen LogP contribution in [0.2, 0.25) is 0 Å². The van der Waals surface area contributed by atoms with Crippen LogP contribution in [0.5, 0.6) is 0 Å². The molecule has 0 saturated heterocycles. The van der Waals surface area contributed by atoms with Gasteiger partial charge in [0.1, 0.15) is 5.58 Å². The van der Waals surface area contributed by atoms with E-state index in [1.54, 1.807) is 6.07 Å². The summed E-state index contributed by atoms with van der Waals surface area (Å²) in [5.74, 6) is 0. The topological polar surface area (TPSA) is 82.2 Å². The second kappa shape index (κ2) is 3.98. The molecule has 0 radical (unpaired) electrons. The number of anilines is 1. The molecule has 0 atom stereocenters. The van der Waals surface area contributed by atoms with E-state index in [0.717, 1.165) is 22.9 Å². The Kier molecular flexibility index (Phi) is 2.66. The molecule has 2 aromatic rings. The van der Waals surface area contributed by atoms with Crippen LogP contribution in [-0.4, -0.2) is 6.54 Å². The fourth-order valence-corrected chi connectivity index (χ4v) is 1.89. The maximum absolute atomic E-state index is 11.2. The van der Waals surface area contributed by atoms with E-state index in [1.807, 2.05) is 13.0 Å². The minimum Gasteiger partial charge on any atom is -0.423 e. The zero-order chi connectivity index (χ0) is 11.7. The van der Waals surface area contributed by atoms with Gasteiger partial charge in [-0.3, -0.25) is 0 Å². The molecule has 2 rings (SSSR count). The summed E-state index contributed by atoms with van der Waals surface area (Å²) in [4.78, 5) is 11.2. The highest BCUT2D eigenvalue weighted by Gasteiger charge is 2.08. The van der Waals surface area contributed by atoms with Crippen LogP contribution in [0.4, 0.5) is 5.69 Å². The molecule has 0 bridgehead atoms. The highest BCUT2D eigenvalue weighted by Crippen LogP contribution is 2.26. The van der Waals surface area contributed by atoms with E-state index in [4.69, 9.17) is 15.9 Å². The summed E-state index contributed by atoms with van der Waals surface area (Å²) in [6.45, 7) is 2.40. The van der Waals surface area contributed by atoms with Gasteiger partial charge < -0.3 is 15.9 Å². The van der Waals surface area contributed by atoms with Crippen molar-refractivity contribution in [3.05, 3.63) is 39.7 Å². The number of hydrogen-bond donors (Lipinski definition) is 2. The number of fused-ring (bicyclic) bond motifs is 1. The molecule has 0 amide bonds. The lowest BCUT2D eigenvalue weighted by Gasteiger charge is -2.09. The van der Waals surface area contributed by atoms with Gasteiger partial charge in [0.2, 0.25) is 0 Å². The molecule has 4 N–H and O–H groups in total. The highest BCUT2D eigenvalue weighted by molar-refractivity contribution is 5.93. The quantitative estimate of drug-likeness (QED) is 0.585. The van der Waals surface area contributed by atoms with Crippen molar-refractivity contribution in [3.63, 3.8) is 0 Å². The Morgan fingerprint density at radius 2 is 2.12 bits per heavy atom. The van der Waals surface area contributed by atoms with Gasteiger partial charge in [0.05, 0.1) is 0 Å². The molecule has 1 aromatic heterocycles. The molecule has 0 aliphatic rings. The largest absolute Gasteiger partial charge is 0.423 e. The summed E-state index contributed by atoms with van der Waals surface area (Å²) in [5, 5.41) is 0.811. The second-order valence-corrected chi connectivity index (χ2v) is 3.80. The Morgan fingerprint density at radius 3 is 2.81 bits per heavy atom. The number of rotatable bonds is 2. The standard InChI is InChI=1S/C12H14N2O2/c1-7-6-10(15)16-9-3-2-8(4-5-13)12(14)11(7)9/h2-3,6H,4-5,13-14H2,1H3. The van der Waals surface area contributed by atoms with E-state index in [2.05, 4.69) is 0 Å². The lowest BCUT2D eigenvalue weighted by atomic mass is 10.0. The minimum absolute atomic E-state index is 0.351. The Balaban J connectivity index is 2.78. The first kappa shape index (κ1) is 10.7. The SMILES string of the molecule is Cc1cc(=O)oc2ccc(CCN)c(N)c12. The van der Waals surface area contributed by atoms with Gasteiger partial charge in [-0.1, -0.05) is 6.07 Å². The van der Waals surface area contributed by atoms with Crippen LogP contribution in [0.25, 0.3) is 11.0 Å².